The maximum absolute atomic E-state index is 14.5. The molecule has 0 bridgehead atoms. The van der Waals surface area contributed by atoms with Gasteiger partial charge in [-0.25, -0.2) is 12.8 Å². The van der Waals surface area contributed by atoms with Crippen molar-refractivity contribution in [2.45, 2.75) is 70.9 Å². The van der Waals surface area contributed by atoms with Gasteiger partial charge in [0.05, 0.1) is 17.5 Å². The number of pyridine rings is 1. The van der Waals surface area contributed by atoms with E-state index < -0.39 is 36.3 Å². The van der Waals surface area contributed by atoms with E-state index in [4.69, 9.17) is 9.41 Å². The van der Waals surface area contributed by atoms with Crippen LogP contribution < -0.4 is 8.73 Å². The lowest BCUT2D eigenvalue weighted by Gasteiger charge is -2.42. The van der Waals surface area contributed by atoms with E-state index in [0.29, 0.717) is 23.0 Å². The van der Waals surface area contributed by atoms with Crippen LogP contribution in [0.2, 0.25) is 16.6 Å². The summed E-state index contributed by atoms with van der Waals surface area (Å²) in [5.41, 5.74) is 2.01. The van der Waals surface area contributed by atoms with E-state index in [1.807, 2.05) is 19.0 Å². The third-order valence-electron chi connectivity index (χ3n) is 8.71. The summed E-state index contributed by atoms with van der Waals surface area (Å²) in [5, 5.41) is 12.4. The highest BCUT2D eigenvalue weighted by Crippen LogP contribution is 2.52. The number of benzene rings is 2. The Labute approximate surface area is 261 Å². The van der Waals surface area contributed by atoms with Gasteiger partial charge in [0.25, 0.3) is 14.2 Å². The summed E-state index contributed by atoms with van der Waals surface area (Å²) in [6.45, 7) is 13.3. The number of carbonyl (C=O) groups is 1. The average Bonchev–Trinajstić information content (AvgIpc) is 3.17. The standard InChI is InChI=1S/C32H45FN4O5SSi/c1-20(2)44(21(3)4,22(5)6)42-30-27-26(31(38)36(32(27)39)19-23-12-14-24(33)15-13-23)29(25-11-10-16-34-28(25)30)37(43(9,40)41)18-17-35(7)8/h10-16,20-22,31,38H,17-19H2,1-9H3. The second-order valence-electron chi connectivity index (χ2n) is 12.9. The predicted molar refractivity (Wildman–Crippen MR) is 175 cm³/mol. The zero-order valence-electron chi connectivity index (χ0n) is 27.1. The molecule has 240 valence electrons. The highest BCUT2D eigenvalue weighted by atomic mass is 32.2. The van der Waals surface area contributed by atoms with E-state index in [-0.39, 0.29) is 52.3 Å². The fourth-order valence-electron chi connectivity index (χ4n) is 6.73. The quantitative estimate of drug-likeness (QED) is 0.245. The van der Waals surface area contributed by atoms with Crippen molar-refractivity contribution in [1.29, 1.82) is 0 Å². The lowest BCUT2D eigenvalue weighted by Crippen LogP contribution is -2.51. The molecule has 4 rings (SSSR count). The summed E-state index contributed by atoms with van der Waals surface area (Å²) >= 11 is 0. The molecule has 2 heterocycles. The molecule has 2 aromatic carbocycles. The molecule has 1 N–H and O–H groups in total. The molecule has 0 radical (unpaired) electrons. The molecule has 1 aromatic heterocycles. The Morgan fingerprint density at radius 3 is 2.14 bits per heavy atom. The van der Waals surface area contributed by atoms with E-state index >= 15 is 0 Å². The minimum absolute atomic E-state index is 0.0186. The van der Waals surface area contributed by atoms with Crippen LogP contribution in [0.1, 0.15) is 69.3 Å². The Hall–Kier alpha value is -3.06. The number of aromatic nitrogens is 1. The topological polar surface area (TPSA) is 103 Å². The largest absolute Gasteiger partial charge is 0.541 e. The van der Waals surface area contributed by atoms with Crippen LogP contribution in [0.3, 0.4) is 0 Å². The number of rotatable bonds is 12. The lowest BCUT2D eigenvalue weighted by molar-refractivity contribution is 0.0140. The summed E-state index contributed by atoms with van der Waals surface area (Å²) in [6.07, 6.45) is 1.24. The third kappa shape index (κ3) is 6.09. The van der Waals surface area contributed by atoms with E-state index in [0.717, 1.165) is 6.26 Å². The van der Waals surface area contributed by atoms with Crippen LogP contribution >= 0.6 is 0 Å². The van der Waals surface area contributed by atoms with Crippen LogP contribution in [0.25, 0.3) is 10.9 Å². The van der Waals surface area contributed by atoms with Gasteiger partial charge in [-0.1, -0.05) is 53.7 Å². The van der Waals surface area contributed by atoms with Crippen LogP contribution in [0.15, 0.2) is 42.6 Å². The van der Waals surface area contributed by atoms with Crippen molar-refractivity contribution in [3.8, 4) is 5.75 Å². The first-order chi connectivity index (χ1) is 20.5. The molecule has 0 saturated carbocycles. The van der Waals surface area contributed by atoms with Crippen molar-refractivity contribution in [2.24, 2.45) is 0 Å². The van der Waals surface area contributed by atoms with Crippen molar-refractivity contribution < 1.29 is 27.1 Å². The molecule has 0 aliphatic carbocycles. The number of likely N-dealkylation sites (N-methyl/N-ethyl adjacent to an activating group) is 1. The first-order valence-corrected chi connectivity index (χ1v) is 19.0. The van der Waals surface area contributed by atoms with Crippen LogP contribution in [0, 0.1) is 5.82 Å². The zero-order valence-corrected chi connectivity index (χ0v) is 28.9. The van der Waals surface area contributed by atoms with Gasteiger partial charge in [0.1, 0.15) is 17.1 Å². The number of anilines is 1. The van der Waals surface area contributed by atoms with E-state index in [1.165, 1.54) is 21.3 Å². The molecular weight excluding hydrogens is 600 g/mol. The number of aliphatic hydroxyl groups excluding tert-OH is 1. The molecule has 0 spiro atoms. The summed E-state index contributed by atoms with van der Waals surface area (Å²) in [6, 6.07) is 9.20. The highest BCUT2D eigenvalue weighted by molar-refractivity contribution is 7.92. The van der Waals surface area contributed by atoms with Crippen molar-refractivity contribution in [3.63, 3.8) is 0 Å². The van der Waals surface area contributed by atoms with E-state index in [9.17, 15) is 22.7 Å². The molecule has 0 fully saturated rings. The number of amides is 1. The van der Waals surface area contributed by atoms with E-state index in [2.05, 4.69) is 41.5 Å². The second kappa shape index (κ2) is 12.7. The summed E-state index contributed by atoms with van der Waals surface area (Å²) in [4.78, 5) is 22.3. The average molecular weight is 645 g/mol. The number of nitrogens with zero attached hydrogens (tertiary/aromatic N) is 4. The molecular formula is C32H45FN4O5SSi. The summed E-state index contributed by atoms with van der Waals surface area (Å²) < 4.78 is 49.0. The Bertz CT molecular complexity index is 1610. The van der Waals surface area contributed by atoms with Gasteiger partial charge in [-0.2, -0.15) is 0 Å². The molecule has 3 aromatic rings. The van der Waals surface area contributed by atoms with Crippen LogP contribution in [-0.2, 0) is 16.6 Å². The molecule has 44 heavy (non-hydrogen) atoms. The zero-order chi connectivity index (χ0) is 32.7. The molecule has 9 nitrogen and oxygen atoms in total. The fraction of sp³-hybridized carbons (Fsp3) is 0.500. The fourth-order valence-corrected chi connectivity index (χ4v) is 12.9. The number of fused-ring (bicyclic) bond motifs is 2. The molecule has 1 atom stereocenters. The number of carbonyl (C=O) groups excluding carboxylic acids is 1. The number of aliphatic hydroxyl groups is 1. The number of hydrogen-bond donors (Lipinski definition) is 1. The lowest BCUT2D eigenvalue weighted by atomic mass is 10.00. The van der Waals surface area contributed by atoms with Crippen molar-refractivity contribution in [1.82, 2.24) is 14.8 Å². The van der Waals surface area contributed by atoms with Gasteiger partial charge in [-0.05, 0) is 60.5 Å². The van der Waals surface area contributed by atoms with Gasteiger partial charge in [0.15, 0.2) is 6.23 Å². The van der Waals surface area contributed by atoms with Gasteiger partial charge < -0.3 is 19.3 Å². The number of halogens is 1. The summed E-state index contributed by atoms with van der Waals surface area (Å²) in [7, 11) is -2.85. The van der Waals surface area contributed by atoms with Crippen LogP contribution in [-0.4, -0.2) is 76.0 Å². The molecule has 1 aliphatic rings. The van der Waals surface area contributed by atoms with Gasteiger partial charge in [-0.3, -0.25) is 14.1 Å². The maximum atomic E-state index is 14.5. The SMILES string of the molecule is CC(C)[Si](Oc1c2c(c(N(CCN(C)C)S(C)(=O)=O)c3cccnc13)C(O)N(Cc1ccc(F)cc1)C2=O)(C(C)C)C(C)C. The van der Waals surface area contributed by atoms with Crippen LogP contribution in [0.4, 0.5) is 10.1 Å². The van der Waals surface area contributed by atoms with E-state index in [1.54, 1.807) is 30.5 Å². The number of sulfonamides is 1. The Morgan fingerprint density at radius 1 is 1.02 bits per heavy atom. The molecule has 1 aliphatic heterocycles. The Balaban J connectivity index is 2.09. The predicted octanol–water partition coefficient (Wildman–Crippen LogP) is 5.90. The first kappa shape index (κ1) is 33.8. The smallest absolute Gasteiger partial charge is 0.260 e. The highest BCUT2D eigenvalue weighted by Gasteiger charge is 2.50. The molecule has 1 amide bonds. The minimum atomic E-state index is -3.87. The second-order valence-corrected chi connectivity index (χ2v) is 20.1. The van der Waals surface area contributed by atoms with Gasteiger partial charge in [0.2, 0.25) is 10.0 Å². The normalized spacial score (nSPS) is 15.8. The molecule has 1 unspecified atom stereocenters. The molecule has 12 heteroatoms. The van der Waals surface area contributed by atoms with Crippen molar-refractivity contribution in [2.75, 3.05) is 37.7 Å². The van der Waals surface area contributed by atoms with Crippen LogP contribution in [0.5, 0.6) is 5.75 Å². The summed E-state index contributed by atoms with van der Waals surface area (Å²) in [5.74, 6) is -0.627. The third-order valence-corrected chi connectivity index (χ3v) is 15.8. The maximum Gasteiger partial charge on any atom is 0.260 e. The van der Waals surface area contributed by atoms with Gasteiger partial charge in [0, 0.05) is 36.8 Å². The van der Waals surface area contributed by atoms with Gasteiger partial charge in [-0.15, -0.1) is 0 Å². The minimum Gasteiger partial charge on any atom is -0.541 e. The van der Waals surface area contributed by atoms with Gasteiger partial charge >= 0.3 is 0 Å². The van der Waals surface area contributed by atoms with Crippen molar-refractivity contribution >= 4 is 40.8 Å². The van der Waals surface area contributed by atoms with Crippen molar-refractivity contribution in [3.05, 3.63) is 65.1 Å². The number of hydrogen-bond acceptors (Lipinski definition) is 7. The first-order valence-electron chi connectivity index (χ1n) is 15.0. The Morgan fingerprint density at radius 2 is 1.61 bits per heavy atom. The monoisotopic (exact) mass is 644 g/mol. The Kier molecular flexibility index (Phi) is 9.79. The molecule has 0 saturated heterocycles.